The fourth-order valence-electron chi connectivity index (χ4n) is 3.38. The van der Waals surface area contributed by atoms with Crippen molar-refractivity contribution in [3.8, 4) is 16.9 Å². The highest BCUT2D eigenvalue weighted by molar-refractivity contribution is 6.16. The molecule has 0 atom stereocenters. The lowest BCUT2D eigenvalue weighted by atomic mass is 10.0. The monoisotopic (exact) mass is 435 g/mol. The Morgan fingerprint density at radius 3 is 2.72 bits per heavy atom. The maximum absolute atomic E-state index is 15.0. The molecule has 0 saturated heterocycles. The first-order valence-corrected chi connectivity index (χ1v) is 10.0. The standard InChI is InChI=1S/C24H19F2N3O3/c1-2-4-16(30)13-32-20-7-6-19(25)21(22(20)26)23(31)18-12-29-24-17(18)9-15(11-28-24)14-5-3-8-27-10-14/h3,5-12H,2,4,13H2,1H3,(H,28,29). The van der Waals surface area contributed by atoms with Gasteiger partial charge in [-0.25, -0.2) is 13.8 Å². The topological polar surface area (TPSA) is 84.9 Å². The molecule has 0 unspecified atom stereocenters. The Morgan fingerprint density at radius 1 is 1.12 bits per heavy atom. The Kier molecular flexibility index (Phi) is 6.02. The van der Waals surface area contributed by atoms with Crippen LogP contribution in [0.15, 0.2) is 55.1 Å². The van der Waals surface area contributed by atoms with Gasteiger partial charge in [-0.05, 0) is 30.7 Å². The summed E-state index contributed by atoms with van der Waals surface area (Å²) in [5.41, 5.74) is 1.20. The predicted octanol–water partition coefficient (Wildman–Crippen LogP) is 4.88. The molecule has 1 aromatic carbocycles. The molecule has 4 aromatic rings. The number of aromatic amines is 1. The number of H-pyrrole nitrogens is 1. The van der Waals surface area contributed by atoms with Gasteiger partial charge in [-0.15, -0.1) is 0 Å². The number of rotatable bonds is 8. The minimum Gasteiger partial charge on any atom is -0.483 e. The van der Waals surface area contributed by atoms with Gasteiger partial charge in [0.15, 0.2) is 17.3 Å². The Morgan fingerprint density at radius 2 is 1.97 bits per heavy atom. The van der Waals surface area contributed by atoms with Gasteiger partial charge in [-0.3, -0.25) is 14.6 Å². The van der Waals surface area contributed by atoms with Gasteiger partial charge in [-0.2, -0.15) is 0 Å². The number of hydrogen-bond donors (Lipinski definition) is 1. The molecule has 6 nitrogen and oxygen atoms in total. The molecule has 4 rings (SSSR count). The molecule has 0 amide bonds. The molecule has 0 spiro atoms. The summed E-state index contributed by atoms with van der Waals surface area (Å²) in [7, 11) is 0. The Hall–Kier alpha value is -3.94. The fourth-order valence-corrected chi connectivity index (χ4v) is 3.38. The number of halogens is 2. The van der Waals surface area contributed by atoms with Crippen molar-refractivity contribution in [3.63, 3.8) is 0 Å². The molecular weight excluding hydrogens is 416 g/mol. The van der Waals surface area contributed by atoms with Crippen LogP contribution in [-0.4, -0.2) is 33.1 Å². The van der Waals surface area contributed by atoms with E-state index in [0.29, 0.717) is 23.0 Å². The van der Waals surface area contributed by atoms with Gasteiger partial charge in [0.1, 0.15) is 18.1 Å². The highest BCUT2D eigenvalue weighted by atomic mass is 19.1. The van der Waals surface area contributed by atoms with Gasteiger partial charge in [-0.1, -0.05) is 13.0 Å². The van der Waals surface area contributed by atoms with Crippen LogP contribution in [0, 0.1) is 11.6 Å². The third-order valence-corrected chi connectivity index (χ3v) is 4.97. The number of hydrogen-bond acceptors (Lipinski definition) is 5. The van der Waals surface area contributed by atoms with Crippen molar-refractivity contribution in [3.05, 3.63) is 77.9 Å². The first kappa shape index (κ1) is 21.3. The zero-order valence-corrected chi connectivity index (χ0v) is 17.2. The number of fused-ring (bicyclic) bond motifs is 1. The summed E-state index contributed by atoms with van der Waals surface area (Å²) < 4.78 is 34.8. The molecule has 0 fully saturated rings. The van der Waals surface area contributed by atoms with Crippen LogP contribution in [0.3, 0.4) is 0 Å². The maximum Gasteiger partial charge on any atom is 0.201 e. The second-order valence-corrected chi connectivity index (χ2v) is 7.21. The highest BCUT2D eigenvalue weighted by Gasteiger charge is 2.25. The lowest BCUT2D eigenvalue weighted by molar-refractivity contribution is -0.121. The Balaban J connectivity index is 1.71. The molecule has 3 heterocycles. The van der Waals surface area contributed by atoms with Gasteiger partial charge in [0.05, 0.1) is 5.56 Å². The van der Waals surface area contributed by atoms with E-state index in [1.807, 2.05) is 13.0 Å². The second-order valence-electron chi connectivity index (χ2n) is 7.21. The first-order valence-electron chi connectivity index (χ1n) is 10.0. The normalized spacial score (nSPS) is 11.0. The van der Waals surface area contributed by atoms with E-state index in [2.05, 4.69) is 15.0 Å². The third kappa shape index (κ3) is 4.12. The SMILES string of the molecule is CCCC(=O)COc1ccc(F)c(C(=O)c2c[nH]c3ncc(-c4cccnc4)cc23)c1F. The predicted molar refractivity (Wildman–Crippen MR) is 115 cm³/mol. The van der Waals surface area contributed by atoms with E-state index in [9.17, 15) is 14.0 Å². The van der Waals surface area contributed by atoms with Gasteiger partial charge in [0.25, 0.3) is 0 Å². The lowest BCUT2D eigenvalue weighted by Gasteiger charge is -2.10. The summed E-state index contributed by atoms with van der Waals surface area (Å²) in [4.78, 5) is 36.1. The molecule has 162 valence electrons. The van der Waals surface area contributed by atoms with E-state index < -0.39 is 23.0 Å². The average Bonchev–Trinajstić information content (AvgIpc) is 3.22. The van der Waals surface area contributed by atoms with E-state index in [0.717, 1.165) is 17.7 Å². The minimum atomic E-state index is -1.15. The summed E-state index contributed by atoms with van der Waals surface area (Å²) >= 11 is 0. The number of ketones is 2. The molecule has 32 heavy (non-hydrogen) atoms. The largest absolute Gasteiger partial charge is 0.483 e. The molecular formula is C24H19F2N3O3. The van der Waals surface area contributed by atoms with E-state index in [1.165, 1.54) is 6.20 Å². The lowest BCUT2D eigenvalue weighted by Crippen LogP contribution is -2.14. The second kappa shape index (κ2) is 9.05. The molecule has 0 aliphatic carbocycles. The molecule has 1 N–H and O–H groups in total. The smallest absolute Gasteiger partial charge is 0.201 e. The molecule has 0 bridgehead atoms. The number of carbonyl (C=O) groups is 2. The molecule has 8 heteroatoms. The number of ether oxygens (including phenoxy) is 1. The quantitative estimate of drug-likeness (QED) is 0.399. The average molecular weight is 435 g/mol. The van der Waals surface area contributed by atoms with Crippen LogP contribution in [0.1, 0.15) is 35.7 Å². The van der Waals surface area contributed by atoms with Crippen molar-refractivity contribution in [2.75, 3.05) is 6.61 Å². The van der Waals surface area contributed by atoms with Gasteiger partial charge in [0.2, 0.25) is 5.78 Å². The van der Waals surface area contributed by atoms with Crippen LogP contribution in [0.4, 0.5) is 8.78 Å². The number of nitrogens with one attached hydrogen (secondary N) is 1. The van der Waals surface area contributed by atoms with Crippen LogP contribution < -0.4 is 4.74 Å². The molecule has 0 radical (unpaired) electrons. The van der Waals surface area contributed by atoms with Gasteiger partial charge in [0, 0.05) is 53.3 Å². The molecule has 3 aromatic heterocycles. The zero-order chi connectivity index (χ0) is 22.7. The van der Waals surface area contributed by atoms with Crippen LogP contribution in [0.25, 0.3) is 22.2 Å². The van der Waals surface area contributed by atoms with Crippen LogP contribution >= 0.6 is 0 Å². The fraction of sp³-hybridized carbons (Fsp3) is 0.167. The van der Waals surface area contributed by atoms with Crippen molar-refractivity contribution in [1.82, 2.24) is 15.0 Å². The molecule has 0 aliphatic heterocycles. The van der Waals surface area contributed by atoms with Crippen LogP contribution in [0.5, 0.6) is 5.75 Å². The highest BCUT2D eigenvalue weighted by Crippen LogP contribution is 2.29. The van der Waals surface area contributed by atoms with Gasteiger partial charge < -0.3 is 9.72 Å². The van der Waals surface area contributed by atoms with Crippen molar-refractivity contribution >= 4 is 22.6 Å². The first-order chi connectivity index (χ1) is 15.5. The van der Waals surface area contributed by atoms with E-state index in [1.54, 1.807) is 30.7 Å². The number of benzene rings is 1. The summed E-state index contributed by atoms with van der Waals surface area (Å²) in [5.74, 6) is -3.60. The van der Waals surface area contributed by atoms with E-state index in [4.69, 9.17) is 4.74 Å². The summed E-state index contributed by atoms with van der Waals surface area (Å²) in [6.07, 6.45) is 7.19. The van der Waals surface area contributed by atoms with Crippen molar-refractivity contribution in [2.24, 2.45) is 0 Å². The maximum atomic E-state index is 15.0. The zero-order valence-electron chi connectivity index (χ0n) is 17.2. The van der Waals surface area contributed by atoms with Crippen LogP contribution in [-0.2, 0) is 4.79 Å². The number of pyridine rings is 2. The molecule has 0 aliphatic rings. The summed E-state index contributed by atoms with van der Waals surface area (Å²) in [5, 5.41) is 0.416. The van der Waals surface area contributed by atoms with Crippen LogP contribution in [0.2, 0.25) is 0 Å². The van der Waals surface area contributed by atoms with Crippen molar-refractivity contribution in [1.29, 1.82) is 0 Å². The van der Waals surface area contributed by atoms with Crippen molar-refractivity contribution in [2.45, 2.75) is 19.8 Å². The van der Waals surface area contributed by atoms with Gasteiger partial charge >= 0.3 is 0 Å². The number of nitrogens with zero attached hydrogens (tertiary/aromatic N) is 2. The minimum absolute atomic E-state index is 0.0650. The van der Waals surface area contributed by atoms with E-state index in [-0.39, 0.29) is 30.1 Å². The molecule has 0 saturated carbocycles. The van der Waals surface area contributed by atoms with Crippen molar-refractivity contribution < 1.29 is 23.1 Å². The Bertz CT molecular complexity index is 1300. The number of Topliss-reactive ketones (excluding diaryl/α,β-unsaturated/α-hetero) is 1. The summed E-state index contributed by atoms with van der Waals surface area (Å²) in [6, 6.07) is 7.33. The Labute approximate surface area is 182 Å². The summed E-state index contributed by atoms with van der Waals surface area (Å²) in [6.45, 7) is 1.48. The van der Waals surface area contributed by atoms with E-state index >= 15 is 4.39 Å². The number of carbonyl (C=O) groups excluding carboxylic acids is 2. The number of aromatic nitrogens is 3. The third-order valence-electron chi connectivity index (χ3n) is 4.97.